The predicted molar refractivity (Wildman–Crippen MR) is 107 cm³/mol. The molecule has 0 bridgehead atoms. The van der Waals surface area contributed by atoms with E-state index in [1.807, 2.05) is 6.92 Å². The Balaban J connectivity index is 1.54. The minimum atomic E-state index is -3.81. The molecule has 0 saturated carbocycles. The Bertz CT molecular complexity index is 1070. The van der Waals surface area contributed by atoms with Crippen molar-refractivity contribution in [3.05, 3.63) is 40.9 Å². The number of nitrogens with one attached hydrogen (secondary N) is 2. The highest BCUT2D eigenvalue weighted by atomic mass is 35.5. The summed E-state index contributed by atoms with van der Waals surface area (Å²) in [6.45, 7) is 3.07. The minimum Gasteiger partial charge on any atom is -0.380 e. The normalized spacial score (nSPS) is 21.5. The number of urea groups is 1. The number of benzene rings is 1. The molecule has 30 heavy (non-hydrogen) atoms. The van der Waals surface area contributed by atoms with E-state index in [1.54, 1.807) is 4.68 Å². The van der Waals surface area contributed by atoms with Crippen LogP contribution in [-0.2, 0) is 27.8 Å². The van der Waals surface area contributed by atoms with E-state index in [2.05, 4.69) is 15.1 Å². The first kappa shape index (κ1) is 21.0. The molecule has 12 heteroatoms. The van der Waals surface area contributed by atoms with E-state index in [-0.39, 0.29) is 28.5 Å². The lowest BCUT2D eigenvalue weighted by Gasteiger charge is -2.34. The standard InChI is InChI=1S/C18H21ClFN5O4S/c1-11-8-25-16(17(7-21-25)30(27,28)23-13-4-5-29-10-13)9-24(11)18(26)22-12-2-3-15(20)14(19)6-12/h2-3,6-7,11,13,23H,4-5,8-10H2,1H3,(H,22,26)/t11-,13?/m0/s1. The van der Waals surface area contributed by atoms with Crippen molar-refractivity contribution >= 4 is 33.3 Å². The molecule has 1 unspecified atom stereocenters. The Kier molecular flexibility index (Phi) is 5.71. The zero-order valence-corrected chi connectivity index (χ0v) is 17.7. The first-order chi connectivity index (χ1) is 14.2. The van der Waals surface area contributed by atoms with E-state index in [0.29, 0.717) is 37.6 Å². The quantitative estimate of drug-likeness (QED) is 0.732. The smallest absolute Gasteiger partial charge is 0.322 e. The highest BCUT2D eigenvalue weighted by molar-refractivity contribution is 7.89. The Morgan fingerprint density at radius 2 is 2.20 bits per heavy atom. The van der Waals surface area contributed by atoms with Gasteiger partial charge in [0.05, 0.1) is 42.7 Å². The summed E-state index contributed by atoms with van der Waals surface area (Å²) in [6.07, 6.45) is 1.91. The fourth-order valence-electron chi connectivity index (χ4n) is 3.55. The molecule has 0 aliphatic carbocycles. The van der Waals surface area contributed by atoms with Gasteiger partial charge in [0.15, 0.2) is 0 Å². The summed E-state index contributed by atoms with van der Waals surface area (Å²) in [7, 11) is -3.81. The van der Waals surface area contributed by atoms with Gasteiger partial charge in [-0.05, 0) is 31.5 Å². The number of aromatic nitrogens is 2. The molecule has 0 spiro atoms. The number of hydrogen-bond acceptors (Lipinski definition) is 5. The van der Waals surface area contributed by atoms with Crippen molar-refractivity contribution in [2.75, 3.05) is 18.5 Å². The van der Waals surface area contributed by atoms with E-state index < -0.39 is 21.9 Å². The Hall–Kier alpha value is -2.21. The Morgan fingerprint density at radius 3 is 2.90 bits per heavy atom. The van der Waals surface area contributed by atoms with Crippen molar-refractivity contribution < 1.29 is 22.3 Å². The third kappa shape index (κ3) is 4.15. The van der Waals surface area contributed by atoms with Crippen LogP contribution < -0.4 is 10.0 Å². The van der Waals surface area contributed by atoms with Crippen molar-refractivity contribution in [1.82, 2.24) is 19.4 Å². The van der Waals surface area contributed by atoms with Gasteiger partial charge in [-0.15, -0.1) is 0 Å². The summed E-state index contributed by atoms with van der Waals surface area (Å²) >= 11 is 5.77. The number of hydrogen-bond donors (Lipinski definition) is 2. The van der Waals surface area contributed by atoms with Crippen molar-refractivity contribution in [2.24, 2.45) is 0 Å². The lowest BCUT2D eigenvalue weighted by molar-refractivity contribution is 0.160. The minimum absolute atomic E-state index is 0.0453. The number of fused-ring (bicyclic) bond motifs is 1. The van der Waals surface area contributed by atoms with Crippen LogP contribution in [0, 0.1) is 5.82 Å². The van der Waals surface area contributed by atoms with Crippen molar-refractivity contribution in [1.29, 1.82) is 0 Å². The Morgan fingerprint density at radius 1 is 1.40 bits per heavy atom. The van der Waals surface area contributed by atoms with E-state index >= 15 is 0 Å². The van der Waals surface area contributed by atoms with Crippen LogP contribution in [0.1, 0.15) is 19.0 Å². The molecular weight excluding hydrogens is 437 g/mol. The van der Waals surface area contributed by atoms with Gasteiger partial charge in [0.25, 0.3) is 0 Å². The molecule has 4 rings (SSSR count). The number of carbonyl (C=O) groups excluding carboxylic acids is 1. The molecule has 3 heterocycles. The molecule has 0 radical (unpaired) electrons. The third-order valence-corrected chi connectivity index (χ3v) is 7.03. The van der Waals surface area contributed by atoms with Gasteiger partial charge >= 0.3 is 6.03 Å². The first-order valence-electron chi connectivity index (χ1n) is 9.42. The van der Waals surface area contributed by atoms with Gasteiger partial charge in [-0.3, -0.25) is 4.68 Å². The molecule has 2 amide bonds. The van der Waals surface area contributed by atoms with E-state index in [0.717, 1.165) is 6.07 Å². The summed E-state index contributed by atoms with van der Waals surface area (Å²) < 4.78 is 48.5. The predicted octanol–water partition coefficient (Wildman–Crippen LogP) is 2.18. The zero-order valence-electron chi connectivity index (χ0n) is 16.1. The van der Waals surface area contributed by atoms with Gasteiger partial charge in [-0.25, -0.2) is 22.3 Å². The molecule has 162 valence electrons. The summed E-state index contributed by atoms with van der Waals surface area (Å²) in [5, 5.41) is 6.77. The number of ether oxygens (including phenoxy) is 1. The van der Waals surface area contributed by atoms with Gasteiger partial charge in [0.1, 0.15) is 10.7 Å². The number of nitrogens with zero attached hydrogens (tertiary/aromatic N) is 3. The molecule has 9 nitrogen and oxygen atoms in total. The molecule has 2 N–H and O–H groups in total. The number of amides is 2. The summed E-state index contributed by atoms with van der Waals surface area (Å²) in [5.41, 5.74) is 0.764. The highest BCUT2D eigenvalue weighted by Crippen LogP contribution is 2.26. The molecule has 2 atom stereocenters. The molecule has 2 aliphatic rings. The summed E-state index contributed by atoms with van der Waals surface area (Å²) in [6, 6.07) is 2.92. The van der Waals surface area contributed by atoms with Gasteiger partial charge in [0, 0.05) is 18.3 Å². The Labute approximate surface area is 178 Å². The van der Waals surface area contributed by atoms with E-state index in [4.69, 9.17) is 16.3 Å². The number of sulfonamides is 1. The van der Waals surface area contributed by atoms with Crippen LogP contribution in [0.2, 0.25) is 5.02 Å². The van der Waals surface area contributed by atoms with Crippen LogP contribution in [-0.4, -0.2) is 54.4 Å². The van der Waals surface area contributed by atoms with Crippen molar-refractivity contribution in [2.45, 2.75) is 43.4 Å². The zero-order chi connectivity index (χ0) is 21.5. The van der Waals surface area contributed by atoms with Gasteiger partial charge in [-0.1, -0.05) is 11.6 Å². The lowest BCUT2D eigenvalue weighted by Crippen LogP contribution is -2.47. The fourth-order valence-corrected chi connectivity index (χ4v) is 5.15. The number of rotatable bonds is 4. The van der Waals surface area contributed by atoms with Crippen LogP contribution in [0.25, 0.3) is 0 Å². The average molecular weight is 458 g/mol. The van der Waals surface area contributed by atoms with Crippen LogP contribution in [0.15, 0.2) is 29.3 Å². The van der Waals surface area contributed by atoms with Gasteiger partial charge in [0.2, 0.25) is 10.0 Å². The lowest BCUT2D eigenvalue weighted by atomic mass is 10.2. The molecule has 2 aromatic rings. The van der Waals surface area contributed by atoms with Crippen LogP contribution in [0.5, 0.6) is 0 Å². The SMILES string of the molecule is C[C@H]1Cn2ncc(S(=O)(=O)NC3CCOC3)c2CN1C(=O)Nc1ccc(F)c(Cl)c1. The molecule has 1 saturated heterocycles. The molecule has 1 aromatic heterocycles. The van der Waals surface area contributed by atoms with E-state index in [1.165, 1.54) is 23.2 Å². The monoisotopic (exact) mass is 457 g/mol. The number of carbonyl (C=O) groups is 1. The molecule has 1 fully saturated rings. The second-order valence-corrected chi connectivity index (χ2v) is 9.44. The number of halogens is 2. The fraction of sp³-hybridized carbons (Fsp3) is 0.444. The topological polar surface area (TPSA) is 106 Å². The van der Waals surface area contributed by atoms with Crippen molar-refractivity contribution in [3.63, 3.8) is 0 Å². The highest BCUT2D eigenvalue weighted by Gasteiger charge is 2.34. The van der Waals surface area contributed by atoms with Crippen molar-refractivity contribution in [3.8, 4) is 0 Å². The maximum Gasteiger partial charge on any atom is 0.322 e. The summed E-state index contributed by atoms with van der Waals surface area (Å²) in [4.78, 5) is 14.4. The molecule has 2 aliphatic heterocycles. The first-order valence-corrected chi connectivity index (χ1v) is 11.3. The summed E-state index contributed by atoms with van der Waals surface area (Å²) in [5.74, 6) is -0.583. The maximum absolute atomic E-state index is 13.3. The third-order valence-electron chi connectivity index (χ3n) is 5.17. The van der Waals surface area contributed by atoms with Gasteiger partial charge < -0.3 is 15.0 Å². The maximum atomic E-state index is 13.3. The largest absolute Gasteiger partial charge is 0.380 e. The van der Waals surface area contributed by atoms with Gasteiger partial charge in [-0.2, -0.15) is 5.10 Å². The van der Waals surface area contributed by atoms with Crippen LogP contribution >= 0.6 is 11.6 Å². The second kappa shape index (κ2) is 8.14. The second-order valence-electron chi connectivity index (χ2n) is 7.36. The average Bonchev–Trinajstić information content (AvgIpc) is 3.33. The molecular formula is C18H21ClFN5O4S. The number of anilines is 1. The molecule has 1 aromatic carbocycles. The van der Waals surface area contributed by atoms with Crippen LogP contribution in [0.3, 0.4) is 0 Å². The van der Waals surface area contributed by atoms with E-state index in [9.17, 15) is 17.6 Å². The van der Waals surface area contributed by atoms with Crippen LogP contribution in [0.4, 0.5) is 14.9 Å².